The van der Waals surface area contributed by atoms with Gasteiger partial charge in [0.2, 0.25) is 0 Å². The Morgan fingerprint density at radius 3 is 3.00 bits per heavy atom. The van der Waals surface area contributed by atoms with Gasteiger partial charge in [0.15, 0.2) is 11.5 Å². The standard InChI is InChI=1S/C12H18N4O2/c1-3-5-10-8-11(15-18-10)12-13-9(2)14-16(12)6-4-7-17/h8,17H,3-7H2,1-2H3. The highest BCUT2D eigenvalue weighted by Crippen LogP contribution is 2.18. The number of hydrogen-bond acceptors (Lipinski definition) is 5. The van der Waals surface area contributed by atoms with Crippen molar-refractivity contribution in [3.05, 3.63) is 17.7 Å². The maximum Gasteiger partial charge on any atom is 0.180 e. The van der Waals surface area contributed by atoms with Crippen LogP contribution in [-0.4, -0.2) is 31.6 Å². The van der Waals surface area contributed by atoms with Gasteiger partial charge in [-0.05, 0) is 19.8 Å². The summed E-state index contributed by atoms with van der Waals surface area (Å²) in [7, 11) is 0. The third kappa shape index (κ3) is 2.76. The van der Waals surface area contributed by atoms with Crippen molar-refractivity contribution in [3.63, 3.8) is 0 Å². The Hall–Kier alpha value is -1.69. The van der Waals surface area contributed by atoms with Crippen LogP contribution < -0.4 is 0 Å². The van der Waals surface area contributed by atoms with E-state index in [0.29, 0.717) is 30.3 Å². The van der Waals surface area contributed by atoms with Crippen molar-refractivity contribution in [3.8, 4) is 11.5 Å². The Morgan fingerprint density at radius 2 is 2.28 bits per heavy atom. The van der Waals surface area contributed by atoms with E-state index in [-0.39, 0.29) is 6.61 Å². The topological polar surface area (TPSA) is 77.0 Å². The van der Waals surface area contributed by atoms with Gasteiger partial charge in [0.25, 0.3) is 0 Å². The molecule has 2 rings (SSSR count). The van der Waals surface area contributed by atoms with Gasteiger partial charge in [-0.2, -0.15) is 5.10 Å². The van der Waals surface area contributed by atoms with E-state index in [0.717, 1.165) is 18.6 Å². The molecular weight excluding hydrogens is 232 g/mol. The van der Waals surface area contributed by atoms with Gasteiger partial charge in [0.05, 0.1) is 0 Å². The predicted octanol–water partition coefficient (Wildman–Crippen LogP) is 1.58. The van der Waals surface area contributed by atoms with Gasteiger partial charge in [-0.1, -0.05) is 12.1 Å². The van der Waals surface area contributed by atoms with E-state index in [2.05, 4.69) is 22.2 Å². The molecule has 2 heterocycles. The minimum Gasteiger partial charge on any atom is -0.396 e. The molecule has 0 atom stereocenters. The molecule has 0 aliphatic heterocycles. The maximum atomic E-state index is 8.87. The number of rotatable bonds is 6. The van der Waals surface area contributed by atoms with E-state index in [1.165, 1.54) is 0 Å². The number of aryl methyl sites for hydroxylation is 3. The van der Waals surface area contributed by atoms with Crippen LogP contribution in [0, 0.1) is 6.92 Å². The van der Waals surface area contributed by atoms with E-state index < -0.39 is 0 Å². The van der Waals surface area contributed by atoms with Crippen LogP contribution in [-0.2, 0) is 13.0 Å². The first-order chi connectivity index (χ1) is 8.74. The monoisotopic (exact) mass is 250 g/mol. The zero-order valence-electron chi connectivity index (χ0n) is 10.8. The molecule has 18 heavy (non-hydrogen) atoms. The highest BCUT2D eigenvalue weighted by atomic mass is 16.5. The summed E-state index contributed by atoms with van der Waals surface area (Å²) >= 11 is 0. The lowest BCUT2D eigenvalue weighted by Gasteiger charge is -2.01. The van der Waals surface area contributed by atoms with E-state index >= 15 is 0 Å². The Kier molecular flexibility index (Phi) is 4.09. The molecule has 98 valence electrons. The van der Waals surface area contributed by atoms with Crippen molar-refractivity contribution in [2.45, 2.75) is 39.7 Å². The van der Waals surface area contributed by atoms with Gasteiger partial charge in [-0.25, -0.2) is 9.67 Å². The second-order valence-corrected chi connectivity index (χ2v) is 4.21. The Labute approximate surface area is 106 Å². The van der Waals surface area contributed by atoms with Crippen molar-refractivity contribution >= 4 is 0 Å². The van der Waals surface area contributed by atoms with Gasteiger partial charge in [0, 0.05) is 25.6 Å². The van der Waals surface area contributed by atoms with Gasteiger partial charge in [0.1, 0.15) is 11.6 Å². The third-order valence-electron chi connectivity index (χ3n) is 2.59. The van der Waals surface area contributed by atoms with Crippen molar-refractivity contribution in [2.75, 3.05) is 6.61 Å². The molecule has 0 amide bonds. The summed E-state index contributed by atoms with van der Waals surface area (Å²) in [4.78, 5) is 4.35. The van der Waals surface area contributed by atoms with Crippen LogP contribution >= 0.6 is 0 Å². The van der Waals surface area contributed by atoms with E-state index in [4.69, 9.17) is 9.63 Å². The Bertz CT molecular complexity index is 504. The summed E-state index contributed by atoms with van der Waals surface area (Å²) in [6, 6.07) is 1.91. The van der Waals surface area contributed by atoms with Crippen LogP contribution in [0.15, 0.2) is 10.6 Å². The summed E-state index contributed by atoms with van der Waals surface area (Å²) < 4.78 is 7.01. The molecule has 0 unspecified atom stereocenters. The molecule has 0 aromatic carbocycles. The summed E-state index contributed by atoms with van der Waals surface area (Å²) in [5.41, 5.74) is 0.706. The highest BCUT2D eigenvalue weighted by Gasteiger charge is 2.14. The summed E-state index contributed by atoms with van der Waals surface area (Å²) in [5, 5.41) is 17.2. The minimum absolute atomic E-state index is 0.137. The lowest BCUT2D eigenvalue weighted by Crippen LogP contribution is -2.04. The average molecular weight is 250 g/mol. The Balaban J connectivity index is 2.24. The first-order valence-corrected chi connectivity index (χ1v) is 6.23. The fraction of sp³-hybridized carbons (Fsp3) is 0.583. The average Bonchev–Trinajstić information content (AvgIpc) is 2.93. The van der Waals surface area contributed by atoms with E-state index in [1.807, 2.05) is 13.0 Å². The van der Waals surface area contributed by atoms with Crippen molar-refractivity contribution in [1.29, 1.82) is 0 Å². The predicted molar refractivity (Wildman–Crippen MR) is 66.0 cm³/mol. The molecule has 6 nitrogen and oxygen atoms in total. The summed E-state index contributed by atoms with van der Waals surface area (Å²) in [5.74, 6) is 2.26. The molecule has 0 saturated heterocycles. The zero-order valence-corrected chi connectivity index (χ0v) is 10.8. The SMILES string of the molecule is CCCc1cc(-c2nc(C)nn2CCCO)no1. The molecular formula is C12H18N4O2. The fourth-order valence-electron chi connectivity index (χ4n) is 1.80. The minimum atomic E-state index is 0.137. The number of aliphatic hydroxyl groups is 1. The summed E-state index contributed by atoms with van der Waals surface area (Å²) in [6.07, 6.45) is 2.54. The van der Waals surface area contributed by atoms with Crippen molar-refractivity contribution < 1.29 is 9.63 Å². The van der Waals surface area contributed by atoms with Crippen LogP contribution in [0.5, 0.6) is 0 Å². The Morgan fingerprint density at radius 1 is 1.44 bits per heavy atom. The smallest absolute Gasteiger partial charge is 0.180 e. The van der Waals surface area contributed by atoms with Crippen LogP contribution in [0.4, 0.5) is 0 Å². The van der Waals surface area contributed by atoms with Gasteiger partial charge < -0.3 is 9.63 Å². The summed E-state index contributed by atoms with van der Waals surface area (Å²) in [6.45, 7) is 4.70. The molecule has 2 aromatic heterocycles. The quantitative estimate of drug-likeness (QED) is 0.842. The van der Waals surface area contributed by atoms with Gasteiger partial charge in [-0.3, -0.25) is 0 Å². The zero-order chi connectivity index (χ0) is 13.0. The van der Waals surface area contributed by atoms with Crippen molar-refractivity contribution in [2.24, 2.45) is 0 Å². The normalized spacial score (nSPS) is 11.1. The van der Waals surface area contributed by atoms with Crippen LogP contribution in [0.25, 0.3) is 11.5 Å². The number of hydrogen-bond donors (Lipinski definition) is 1. The van der Waals surface area contributed by atoms with Crippen LogP contribution in [0.3, 0.4) is 0 Å². The molecule has 0 spiro atoms. The molecule has 0 aliphatic carbocycles. The largest absolute Gasteiger partial charge is 0.396 e. The lowest BCUT2D eigenvalue weighted by molar-refractivity contribution is 0.277. The molecule has 0 saturated carbocycles. The first-order valence-electron chi connectivity index (χ1n) is 6.23. The molecule has 0 bridgehead atoms. The maximum absolute atomic E-state index is 8.87. The second-order valence-electron chi connectivity index (χ2n) is 4.21. The van der Waals surface area contributed by atoms with E-state index in [1.54, 1.807) is 4.68 Å². The second kappa shape index (κ2) is 5.77. The van der Waals surface area contributed by atoms with Crippen LogP contribution in [0.2, 0.25) is 0 Å². The molecule has 6 heteroatoms. The first kappa shape index (κ1) is 12.8. The molecule has 0 radical (unpaired) electrons. The third-order valence-corrected chi connectivity index (χ3v) is 2.59. The number of aliphatic hydroxyl groups excluding tert-OH is 1. The number of nitrogens with zero attached hydrogens (tertiary/aromatic N) is 4. The molecule has 0 aliphatic rings. The lowest BCUT2D eigenvalue weighted by atomic mass is 10.2. The van der Waals surface area contributed by atoms with Crippen molar-refractivity contribution in [1.82, 2.24) is 19.9 Å². The van der Waals surface area contributed by atoms with Crippen LogP contribution in [0.1, 0.15) is 31.4 Å². The molecule has 2 aromatic rings. The van der Waals surface area contributed by atoms with Gasteiger partial charge >= 0.3 is 0 Å². The fourth-order valence-corrected chi connectivity index (χ4v) is 1.80. The molecule has 1 N–H and O–H groups in total. The number of aromatic nitrogens is 4. The molecule has 0 fully saturated rings. The van der Waals surface area contributed by atoms with Gasteiger partial charge in [-0.15, -0.1) is 0 Å². The highest BCUT2D eigenvalue weighted by molar-refractivity contribution is 5.48. The van der Waals surface area contributed by atoms with E-state index in [9.17, 15) is 0 Å².